The number of amides is 1. The molecule has 4 heteroatoms. The predicted molar refractivity (Wildman–Crippen MR) is 87.6 cm³/mol. The molecule has 1 aliphatic heterocycles. The quantitative estimate of drug-likeness (QED) is 0.876. The molecule has 0 unspecified atom stereocenters. The van der Waals surface area contributed by atoms with Gasteiger partial charge >= 0.3 is 0 Å². The minimum Gasteiger partial charge on any atom is -0.331 e. The number of benzene rings is 1. The van der Waals surface area contributed by atoms with E-state index in [4.69, 9.17) is 0 Å². The van der Waals surface area contributed by atoms with E-state index >= 15 is 0 Å². The van der Waals surface area contributed by atoms with Crippen molar-refractivity contribution in [3.63, 3.8) is 0 Å². The Morgan fingerprint density at radius 1 is 1.27 bits per heavy atom. The maximum Gasteiger partial charge on any atom is 0.240 e. The third-order valence-corrected chi connectivity index (χ3v) is 4.12. The first kappa shape index (κ1) is 16.7. The lowest BCUT2D eigenvalue weighted by Gasteiger charge is -2.29. The largest absolute Gasteiger partial charge is 0.331 e. The fourth-order valence-electron chi connectivity index (χ4n) is 3.12. The highest BCUT2D eigenvalue weighted by molar-refractivity contribution is 5.90. The molecule has 1 fully saturated rings. The Morgan fingerprint density at radius 2 is 1.95 bits per heavy atom. The molecule has 120 valence electrons. The van der Waals surface area contributed by atoms with Crippen molar-refractivity contribution in [2.24, 2.45) is 0 Å². The van der Waals surface area contributed by atoms with Crippen LogP contribution in [0.3, 0.4) is 0 Å². The van der Waals surface area contributed by atoms with Crippen molar-refractivity contribution >= 4 is 11.7 Å². The number of nitrogens with one attached hydrogen (secondary N) is 1. The van der Waals surface area contributed by atoms with Gasteiger partial charge in [0.05, 0.1) is 12.1 Å². The number of hydrogen-bond acceptors (Lipinski definition) is 3. The van der Waals surface area contributed by atoms with Crippen LogP contribution in [0.25, 0.3) is 0 Å². The van der Waals surface area contributed by atoms with E-state index in [0.29, 0.717) is 13.0 Å². The van der Waals surface area contributed by atoms with Gasteiger partial charge in [0.2, 0.25) is 5.91 Å². The molecular weight excluding hydrogens is 276 g/mol. The van der Waals surface area contributed by atoms with Crippen molar-refractivity contribution in [2.45, 2.75) is 58.2 Å². The Morgan fingerprint density at radius 3 is 2.55 bits per heavy atom. The van der Waals surface area contributed by atoms with Crippen molar-refractivity contribution in [3.8, 4) is 0 Å². The fraction of sp³-hybridized carbons (Fsp3) is 0.556. The molecule has 1 N–H and O–H groups in total. The third-order valence-electron chi connectivity index (χ3n) is 4.12. The average molecular weight is 302 g/mol. The highest BCUT2D eigenvalue weighted by Crippen LogP contribution is 2.20. The molecule has 1 saturated heterocycles. The zero-order chi connectivity index (χ0) is 16.1. The summed E-state index contributed by atoms with van der Waals surface area (Å²) in [6, 6.07) is 9.73. The van der Waals surface area contributed by atoms with Gasteiger partial charge in [-0.05, 0) is 31.7 Å². The van der Waals surface area contributed by atoms with Crippen molar-refractivity contribution < 1.29 is 9.59 Å². The highest BCUT2D eigenvalue weighted by atomic mass is 16.2. The maximum atomic E-state index is 12.9. The van der Waals surface area contributed by atoms with Crippen LogP contribution in [0.4, 0.5) is 0 Å². The molecule has 4 nitrogen and oxygen atoms in total. The smallest absolute Gasteiger partial charge is 0.240 e. The predicted octanol–water partition coefficient (Wildman–Crippen LogP) is 2.18. The Hall–Kier alpha value is -1.68. The van der Waals surface area contributed by atoms with Gasteiger partial charge in [-0.3, -0.25) is 9.59 Å². The van der Waals surface area contributed by atoms with Gasteiger partial charge < -0.3 is 10.2 Å². The molecule has 0 bridgehead atoms. The van der Waals surface area contributed by atoms with E-state index < -0.39 is 0 Å². The third kappa shape index (κ3) is 4.17. The van der Waals surface area contributed by atoms with E-state index in [2.05, 4.69) is 5.32 Å². The van der Waals surface area contributed by atoms with Crippen molar-refractivity contribution in [3.05, 3.63) is 35.9 Å². The van der Waals surface area contributed by atoms with Gasteiger partial charge in [-0.15, -0.1) is 0 Å². The number of Topliss-reactive ketones (excluding diaryl/α,β-unsaturated/α-hetero) is 1. The minimum atomic E-state index is -0.276. The Balaban J connectivity index is 2.14. The zero-order valence-corrected chi connectivity index (χ0v) is 13.7. The summed E-state index contributed by atoms with van der Waals surface area (Å²) in [4.78, 5) is 26.4. The van der Waals surface area contributed by atoms with Gasteiger partial charge in [-0.1, -0.05) is 44.2 Å². The van der Waals surface area contributed by atoms with Crippen molar-refractivity contribution in [1.82, 2.24) is 10.2 Å². The Bertz CT molecular complexity index is 513. The van der Waals surface area contributed by atoms with Crippen molar-refractivity contribution in [1.29, 1.82) is 0 Å². The number of hydrogen-bond donors (Lipinski definition) is 1. The molecule has 2 atom stereocenters. The topological polar surface area (TPSA) is 49.4 Å². The lowest BCUT2D eigenvalue weighted by Crippen LogP contribution is -2.52. The molecule has 22 heavy (non-hydrogen) atoms. The van der Waals surface area contributed by atoms with Crippen LogP contribution in [-0.4, -0.2) is 41.3 Å². The molecule has 0 aliphatic carbocycles. The van der Waals surface area contributed by atoms with E-state index in [9.17, 15) is 9.59 Å². The summed E-state index contributed by atoms with van der Waals surface area (Å²) >= 11 is 0. The van der Waals surface area contributed by atoms with Gasteiger partial charge in [0.25, 0.3) is 0 Å². The van der Waals surface area contributed by atoms with Gasteiger partial charge in [0, 0.05) is 12.6 Å². The molecule has 1 aromatic carbocycles. The molecule has 1 aromatic rings. The molecule has 0 saturated carbocycles. The molecular formula is C18H26N2O2. The maximum absolute atomic E-state index is 12.9. The first-order valence-electron chi connectivity index (χ1n) is 8.10. The number of ketones is 1. The van der Waals surface area contributed by atoms with Crippen molar-refractivity contribution in [2.75, 3.05) is 6.54 Å². The molecule has 1 aliphatic rings. The average Bonchev–Trinajstić information content (AvgIpc) is 2.96. The van der Waals surface area contributed by atoms with Crippen LogP contribution in [0.15, 0.2) is 30.3 Å². The van der Waals surface area contributed by atoms with Gasteiger partial charge in [0.1, 0.15) is 0 Å². The Labute approximate surface area is 132 Å². The van der Waals surface area contributed by atoms with Crippen LogP contribution in [0.5, 0.6) is 0 Å². The lowest BCUT2D eigenvalue weighted by atomic mass is 10.0. The van der Waals surface area contributed by atoms with Crippen LogP contribution >= 0.6 is 0 Å². The monoisotopic (exact) mass is 302 g/mol. The highest BCUT2D eigenvalue weighted by Gasteiger charge is 2.35. The summed E-state index contributed by atoms with van der Waals surface area (Å²) in [6.07, 6.45) is 2.36. The molecule has 1 heterocycles. The first-order valence-corrected chi connectivity index (χ1v) is 8.10. The van der Waals surface area contributed by atoms with Gasteiger partial charge in [0.15, 0.2) is 5.78 Å². The fourth-order valence-corrected chi connectivity index (χ4v) is 3.12. The van der Waals surface area contributed by atoms with Crippen LogP contribution in [0, 0.1) is 0 Å². The number of nitrogens with zero attached hydrogens (tertiary/aromatic N) is 1. The summed E-state index contributed by atoms with van der Waals surface area (Å²) in [5.74, 6) is 0.143. The molecule has 2 rings (SSSR count). The minimum absolute atomic E-state index is 0.0512. The number of likely N-dealkylation sites (tertiary alicyclic amines) is 1. The normalized spacial score (nSPS) is 19.5. The van der Waals surface area contributed by atoms with Gasteiger partial charge in [-0.2, -0.15) is 0 Å². The number of rotatable bonds is 6. The second-order valence-electron chi connectivity index (χ2n) is 6.36. The first-order chi connectivity index (χ1) is 10.5. The van der Waals surface area contributed by atoms with E-state index in [1.165, 1.54) is 0 Å². The molecule has 0 spiro atoms. The van der Waals surface area contributed by atoms with E-state index in [1.54, 1.807) is 11.8 Å². The Kier molecular flexibility index (Phi) is 5.72. The summed E-state index contributed by atoms with van der Waals surface area (Å²) < 4.78 is 0. The lowest BCUT2D eigenvalue weighted by molar-refractivity contribution is -0.138. The summed E-state index contributed by atoms with van der Waals surface area (Å²) in [6.45, 7) is 6.35. The summed E-state index contributed by atoms with van der Waals surface area (Å²) in [7, 11) is 0. The zero-order valence-electron chi connectivity index (χ0n) is 13.7. The number of carbonyl (C=O) groups is 2. The van der Waals surface area contributed by atoms with Crippen LogP contribution in [0.1, 0.15) is 39.2 Å². The standard InChI is InChI=1S/C18H26N2O2/c1-13(2)19-16(12-15-8-5-4-6-9-15)18(22)20-11-7-10-17(20)14(3)21/h4-6,8-9,13,16-17,19H,7,10-12H2,1-3H3/t16-,17-/m1/s1. The second-order valence-corrected chi connectivity index (χ2v) is 6.36. The molecule has 1 amide bonds. The summed E-state index contributed by atoms with van der Waals surface area (Å²) in [5.41, 5.74) is 1.13. The SMILES string of the molecule is CC(=O)[C@H]1CCCN1C(=O)[C@@H](Cc1ccccc1)NC(C)C. The van der Waals surface area contributed by atoms with Crippen LogP contribution in [0.2, 0.25) is 0 Å². The van der Waals surface area contributed by atoms with Crippen LogP contribution < -0.4 is 5.32 Å². The summed E-state index contributed by atoms with van der Waals surface area (Å²) in [5, 5.41) is 3.36. The van der Waals surface area contributed by atoms with Gasteiger partial charge in [-0.25, -0.2) is 0 Å². The van der Waals surface area contributed by atoms with E-state index in [-0.39, 0.29) is 29.8 Å². The van der Waals surface area contributed by atoms with Crippen LogP contribution in [-0.2, 0) is 16.0 Å². The number of carbonyl (C=O) groups excluding carboxylic acids is 2. The van der Waals surface area contributed by atoms with E-state index in [1.807, 2.05) is 44.2 Å². The second kappa shape index (κ2) is 7.54. The molecule has 0 aromatic heterocycles. The van der Waals surface area contributed by atoms with E-state index in [0.717, 1.165) is 18.4 Å². The molecule has 0 radical (unpaired) electrons.